The van der Waals surface area contributed by atoms with E-state index >= 15 is 0 Å². The summed E-state index contributed by atoms with van der Waals surface area (Å²) in [7, 11) is 0. The maximum absolute atomic E-state index is 11.8. The van der Waals surface area contributed by atoms with Gasteiger partial charge in [0.15, 0.2) is 0 Å². The lowest BCUT2D eigenvalue weighted by Crippen LogP contribution is -2.18. The minimum Gasteiger partial charge on any atom is -0.360 e. The normalized spacial score (nSPS) is 10.5. The first kappa shape index (κ1) is 14.7. The van der Waals surface area contributed by atoms with Gasteiger partial charge >= 0.3 is 5.69 Å². The summed E-state index contributed by atoms with van der Waals surface area (Å²) in [5, 5.41) is 20.9. The quantitative estimate of drug-likeness (QED) is 0.591. The molecule has 2 aromatic heterocycles. The first-order chi connectivity index (χ1) is 10.1. The average Bonchev–Trinajstić information content (AvgIpc) is 3.06. The Bertz CT molecular complexity index is 634. The monoisotopic (exact) mass is 294 g/mol. The maximum Gasteiger partial charge on any atom is 0.307 e. The number of carbonyl (C=O) groups is 1. The van der Waals surface area contributed by atoms with Gasteiger partial charge in [-0.05, 0) is 6.92 Å². The predicted molar refractivity (Wildman–Crippen MR) is 71.4 cm³/mol. The van der Waals surface area contributed by atoms with Gasteiger partial charge in [-0.2, -0.15) is 10.2 Å². The van der Waals surface area contributed by atoms with E-state index in [-0.39, 0.29) is 18.1 Å². The number of hydrogen-bond acceptors (Lipinski definition) is 6. The van der Waals surface area contributed by atoms with Crippen LogP contribution in [0.4, 0.5) is 11.4 Å². The Kier molecular flexibility index (Phi) is 4.61. The van der Waals surface area contributed by atoms with E-state index in [2.05, 4.69) is 15.5 Å². The van der Waals surface area contributed by atoms with Crippen molar-refractivity contribution in [3.63, 3.8) is 0 Å². The fraction of sp³-hybridized carbons (Fsp3) is 0.364. The van der Waals surface area contributed by atoms with E-state index in [1.54, 1.807) is 6.20 Å². The summed E-state index contributed by atoms with van der Waals surface area (Å²) < 4.78 is 7.90. The summed E-state index contributed by atoms with van der Waals surface area (Å²) in [5.74, 6) is -0.357. The fourth-order valence-corrected chi connectivity index (χ4v) is 1.56. The SMILES string of the molecule is CCOCn1cc(NC(=O)Cn2cc([N+](=O)[O-])cn2)cn1. The number of carbonyl (C=O) groups excluding carboxylic acids is 1. The molecule has 0 saturated carbocycles. The van der Waals surface area contributed by atoms with Crippen LogP contribution in [0.25, 0.3) is 0 Å². The van der Waals surface area contributed by atoms with Gasteiger partial charge in [-0.15, -0.1) is 0 Å². The second-order valence-corrected chi connectivity index (χ2v) is 4.09. The van der Waals surface area contributed by atoms with Crippen molar-refractivity contribution in [1.82, 2.24) is 19.6 Å². The zero-order valence-electron chi connectivity index (χ0n) is 11.3. The van der Waals surface area contributed by atoms with Gasteiger partial charge in [0.05, 0.1) is 23.0 Å². The molecule has 1 N–H and O–H groups in total. The molecule has 2 heterocycles. The molecule has 0 bridgehead atoms. The van der Waals surface area contributed by atoms with Gasteiger partial charge in [-0.25, -0.2) is 4.68 Å². The Morgan fingerprint density at radius 3 is 2.81 bits per heavy atom. The predicted octanol–water partition coefficient (Wildman–Crippen LogP) is 0.620. The largest absolute Gasteiger partial charge is 0.360 e. The number of hydrogen-bond donors (Lipinski definition) is 1. The highest BCUT2D eigenvalue weighted by molar-refractivity contribution is 5.90. The number of anilines is 1. The number of nitro groups is 1. The summed E-state index contributed by atoms with van der Waals surface area (Å²) in [5.41, 5.74) is 0.355. The van der Waals surface area contributed by atoms with Crippen LogP contribution in [0.3, 0.4) is 0 Å². The first-order valence-electron chi connectivity index (χ1n) is 6.15. The highest BCUT2D eigenvalue weighted by atomic mass is 16.6. The van der Waals surface area contributed by atoms with Gasteiger partial charge in [0.1, 0.15) is 25.7 Å². The molecule has 0 aliphatic rings. The molecule has 0 saturated heterocycles. The van der Waals surface area contributed by atoms with Crippen LogP contribution in [0.5, 0.6) is 0 Å². The minimum atomic E-state index is -0.570. The van der Waals surface area contributed by atoms with E-state index in [0.717, 1.165) is 6.20 Å². The number of amides is 1. The van der Waals surface area contributed by atoms with Crippen molar-refractivity contribution in [2.24, 2.45) is 0 Å². The van der Waals surface area contributed by atoms with Gasteiger partial charge in [0.2, 0.25) is 5.91 Å². The molecule has 2 rings (SSSR count). The molecule has 2 aromatic rings. The molecule has 0 radical (unpaired) electrons. The fourth-order valence-electron chi connectivity index (χ4n) is 1.56. The van der Waals surface area contributed by atoms with Gasteiger partial charge < -0.3 is 10.1 Å². The van der Waals surface area contributed by atoms with Gasteiger partial charge in [0.25, 0.3) is 0 Å². The summed E-state index contributed by atoms with van der Waals surface area (Å²) in [6, 6.07) is 0. The third-order valence-electron chi connectivity index (χ3n) is 2.48. The molecule has 0 aliphatic carbocycles. The van der Waals surface area contributed by atoms with E-state index in [1.807, 2.05) is 6.92 Å². The van der Waals surface area contributed by atoms with Crippen LogP contribution >= 0.6 is 0 Å². The lowest BCUT2D eigenvalue weighted by Gasteiger charge is -2.02. The topological polar surface area (TPSA) is 117 Å². The standard InChI is InChI=1S/C11H14N6O4/c1-2-21-8-16-5-9(3-12-16)14-11(18)7-15-6-10(4-13-15)17(19)20/h3-6H,2,7-8H2,1H3,(H,14,18). The smallest absolute Gasteiger partial charge is 0.307 e. The second-order valence-electron chi connectivity index (χ2n) is 4.09. The van der Waals surface area contributed by atoms with E-state index in [1.165, 1.54) is 21.8 Å². The molecule has 0 unspecified atom stereocenters. The van der Waals surface area contributed by atoms with Crippen molar-refractivity contribution in [3.05, 3.63) is 34.9 Å². The van der Waals surface area contributed by atoms with Crippen molar-refractivity contribution < 1.29 is 14.5 Å². The molecule has 0 aliphatic heterocycles. The number of aromatic nitrogens is 4. The lowest BCUT2D eigenvalue weighted by molar-refractivity contribution is -0.385. The third-order valence-corrected chi connectivity index (χ3v) is 2.48. The maximum atomic E-state index is 11.8. The van der Waals surface area contributed by atoms with E-state index in [9.17, 15) is 14.9 Å². The Balaban J connectivity index is 1.88. The number of rotatable bonds is 7. The van der Waals surface area contributed by atoms with Crippen LogP contribution in [0.2, 0.25) is 0 Å². The third kappa shape index (κ3) is 4.11. The molecule has 10 heteroatoms. The van der Waals surface area contributed by atoms with Crippen molar-refractivity contribution in [2.75, 3.05) is 11.9 Å². The van der Waals surface area contributed by atoms with Crippen LogP contribution in [-0.4, -0.2) is 37.0 Å². The van der Waals surface area contributed by atoms with Crippen molar-refractivity contribution >= 4 is 17.3 Å². The molecule has 0 aromatic carbocycles. The molecule has 1 amide bonds. The minimum absolute atomic E-state index is 0.121. The molecule has 112 valence electrons. The average molecular weight is 294 g/mol. The summed E-state index contributed by atoms with van der Waals surface area (Å²) >= 11 is 0. The number of nitrogens with zero attached hydrogens (tertiary/aromatic N) is 5. The molecule has 0 atom stereocenters. The van der Waals surface area contributed by atoms with Crippen LogP contribution in [0.15, 0.2) is 24.8 Å². The highest BCUT2D eigenvalue weighted by Gasteiger charge is 2.11. The van der Waals surface area contributed by atoms with Gasteiger partial charge in [-0.1, -0.05) is 0 Å². The zero-order valence-corrected chi connectivity index (χ0v) is 11.3. The lowest BCUT2D eigenvalue weighted by atomic mass is 10.5. The van der Waals surface area contributed by atoms with E-state index in [4.69, 9.17) is 4.74 Å². The van der Waals surface area contributed by atoms with Crippen molar-refractivity contribution in [3.8, 4) is 0 Å². The highest BCUT2D eigenvalue weighted by Crippen LogP contribution is 2.09. The van der Waals surface area contributed by atoms with Crippen LogP contribution in [0, 0.1) is 10.1 Å². The molecular formula is C11H14N6O4. The van der Waals surface area contributed by atoms with Crippen LogP contribution in [0.1, 0.15) is 6.92 Å². The Morgan fingerprint density at radius 2 is 2.14 bits per heavy atom. The molecular weight excluding hydrogens is 280 g/mol. The molecule has 0 fully saturated rings. The number of nitrogens with one attached hydrogen (secondary N) is 1. The van der Waals surface area contributed by atoms with E-state index in [0.29, 0.717) is 19.0 Å². The van der Waals surface area contributed by atoms with Gasteiger partial charge in [0, 0.05) is 6.61 Å². The molecule has 0 spiro atoms. The Hall–Kier alpha value is -2.75. The Morgan fingerprint density at radius 1 is 1.38 bits per heavy atom. The van der Waals surface area contributed by atoms with E-state index < -0.39 is 4.92 Å². The van der Waals surface area contributed by atoms with Crippen LogP contribution in [-0.2, 0) is 22.8 Å². The molecule has 10 nitrogen and oxygen atoms in total. The van der Waals surface area contributed by atoms with Gasteiger partial charge in [-0.3, -0.25) is 19.6 Å². The summed E-state index contributed by atoms with van der Waals surface area (Å²) in [6.45, 7) is 2.62. The zero-order chi connectivity index (χ0) is 15.2. The van der Waals surface area contributed by atoms with Crippen molar-refractivity contribution in [2.45, 2.75) is 20.2 Å². The summed E-state index contributed by atoms with van der Waals surface area (Å²) in [6.07, 6.45) is 5.40. The Labute approximate surface area is 119 Å². The van der Waals surface area contributed by atoms with Crippen LogP contribution < -0.4 is 5.32 Å². The summed E-state index contributed by atoms with van der Waals surface area (Å²) in [4.78, 5) is 21.7. The second kappa shape index (κ2) is 6.61. The van der Waals surface area contributed by atoms with Crippen molar-refractivity contribution in [1.29, 1.82) is 0 Å². The molecule has 21 heavy (non-hydrogen) atoms. The first-order valence-corrected chi connectivity index (χ1v) is 6.15. The number of ether oxygens (including phenoxy) is 1.